The topological polar surface area (TPSA) is 76.7 Å². The van der Waals surface area contributed by atoms with Gasteiger partial charge in [-0.25, -0.2) is 0 Å². The summed E-state index contributed by atoms with van der Waals surface area (Å²) in [7, 11) is 0. The number of nitrogens with one attached hydrogen (secondary N) is 2. The van der Waals surface area contributed by atoms with Crippen molar-refractivity contribution in [2.24, 2.45) is 0 Å². The van der Waals surface area contributed by atoms with Crippen molar-refractivity contribution in [1.82, 2.24) is 10.9 Å². The Bertz CT molecular complexity index is 961. The van der Waals surface area contributed by atoms with E-state index in [1.165, 1.54) is 0 Å². The molecule has 30 heavy (non-hydrogen) atoms. The highest BCUT2D eigenvalue weighted by molar-refractivity contribution is 9.10. The molecule has 0 spiro atoms. The highest BCUT2D eigenvalue weighted by atomic mass is 79.9. The average molecular weight is 469 g/mol. The molecule has 2 amide bonds. The van der Waals surface area contributed by atoms with Gasteiger partial charge in [0.05, 0.1) is 6.42 Å². The zero-order chi connectivity index (χ0) is 21.2. The summed E-state index contributed by atoms with van der Waals surface area (Å²) in [6, 6.07) is 24.2. The highest BCUT2D eigenvalue weighted by Gasteiger charge is 2.07. The van der Waals surface area contributed by atoms with E-state index in [0.717, 1.165) is 15.6 Å². The molecule has 0 unspecified atom stereocenters. The summed E-state index contributed by atoms with van der Waals surface area (Å²) >= 11 is 3.34. The Hall–Kier alpha value is -3.32. The maximum Gasteiger partial charge on any atom is 0.276 e. The second kappa shape index (κ2) is 11.0. The van der Waals surface area contributed by atoms with E-state index in [-0.39, 0.29) is 18.9 Å². The second-order valence-corrected chi connectivity index (χ2v) is 7.35. The van der Waals surface area contributed by atoms with Crippen LogP contribution in [-0.4, -0.2) is 18.4 Å². The maximum absolute atomic E-state index is 11.9. The first-order valence-corrected chi connectivity index (χ1v) is 10.1. The summed E-state index contributed by atoms with van der Waals surface area (Å²) in [5.41, 5.74) is 6.63. The Balaban J connectivity index is 1.35. The van der Waals surface area contributed by atoms with Crippen molar-refractivity contribution in [3.63, 3.8) is 0 Å². The predicted molar refractivity (Wildman–Crippen MR) is 117 cm³/mol. The minimum Gasteiger partial charge on any atom is -0.489 e. The van der Waals surface area contributed by atoms with Gasteiger partial charge in [0.1, 0.15) is 18.1 Å². The molecule has 0 atom stereocenters. The quantitative estimate of drug-likeness (QED) is 0.493. The van der Waals surface area contributed by atoms with Crippen molar-refractivity contribution in [3.05, 3.63) is 94.5 Å². The van der Waals surface area contributed by atoms with E-state index in [0.29, 0.717) is 18.1 Å². The van der Waals surface area contributed by atoms with Gasteiger partial charge in [0, 0.05) is 4.47 Å². The third-order valence-electron chi connectivity index (χ3n) is 4.06. The fourth-order valence-corrected chi connectivity index (χ4v) is 2.79. The van der Waals surface area contributed by atoms with Gasteiger partial charge in [0.15, 0.2) is 6.61 Å². The summed E-state index contributed by atoms with van der Waals surface area (Å²) in [6.45, 7) is 0.256. The van der Waals surface area contributed by atoms with Crippen LogP contribution in [0, 0.1) is 0 Å². The molecule has 0 bridgehead atoms. The Morgan fingerprint density at radius 2 is 1.30 bits per heavy atom. The Morgan fingerprint density at radius 1 is 0.700 bits per heavy atom. The lowest BCUT2D eigenvalue weighted by atomic mass is 10.1. The molecule has 0 fully saturated rings. The minimum absolute atomic E-state index is 0.166. The molecule has 0 saturated heterocycles. The normalized spacial score (nSPS) is 10.2. The molecule has 0 aliphatic heterocycles. The van der Waals surface area contributed by atoms with Crippen LogP contribution < -0.4 is 20.3 Å². The number of amides is 2. The fraction of sp³-hybridized carbons (Fsp3) is 0.130. The van der Waals surface area contributed by atoms with Crippen LogP contribution in [0.5, 0.6) is 11.5 Å². The van der Waals surface area contributed by atoms with E-state index < -0.39 is 5.91 Å². The van der Waals surface area contributed by atoms with Gasteiger partial charge >= 0.3 is 0 Å². The molecule has 7 heteroatoms. The van der Waals surface area contributed by atoms with Gasteiger partial charge in [-0.3, -0.25) is 20.4 Å². The van der Waals surface area contributed by atoms with E-state index in [1.807, 2.05) is 54.6 Å². The minimum atomic E-state index is -0.455. The number of halogens is 1. The maximum atomic E-state index is 11.9. The molecule has 2 N–H and O–H groups in total. The Kier molecular flexibility index (Phi) is 7.86. The van der Waals surface area contributed by atoms with Crippen molar-refractivity contribution >= 4 is 27.7 Å². The number of carbonyl (C=O) groups excluding carboxylic acids is 2. The number of hydrazine groups is 1. The van der Waals surface area contributed by atoms with Gasteiger partial charge in [-0.1, -0.05) is 58.4 Å². The summed E-state index contributed by atoms with van der Waals surface area (Å²) in [6.07, 6.45) is 0.166. The molecule has 154 valence electrons. The first kappa shape index (κ1) is 21.4. The van der Waals surface area contributed by atoms with E-state index in [9.17, 15) is 9.59 Å². The number of rotatable bonds is 8. The average Bonchev–Trinajstić information content (AvgIpc) is 2.78. The molecule has 0 aliphatic rings. The third-order valence-corrected chi connectivity index (χ3v) is 4.59. The monoisotopic (exact) mass is 468 g/mol. The van der Waals surface area contributed by atoms with Crippen LogP contribution in [0.15, 0.2) is 83.3 Å². The van der Waals surface area contributed by atoms with E-state index in [1.54, 1.807) is 24.3 Å². The van der Waals surface area contributed by atoms with Gasteiger partial charge in [-0.05, 0) is 47.5 Å². The molecule has 0 heterocycles. The molecular weight excluding hydrogens is 448 g/mol. The number of benzene rings is 3. The van der Waals surface area contributed by atoms with Gasteiger partial charge in [-0.2, -0.15) is 0 Å². The molecule has 0 saturated carbocycles. The summed E-state index contributed by atoms with van der Waals surface area (Å²) in [4.78, 5) is 23.7. The second-order valence-electron chi connectivity index (χ2n) is 6.43. The predicted octanol–water partition coefficient (Wildman–Crippen LogP) is 3.80. The standard InChI is InChI=1S/C23H21BrN2O4/c24-19-8-6-17(7-9-19)14-22(27)25-26-23(28)16-30-21-12-10-20(11-13-21)29-15-18-4-2-1-3-5-18/h1-13H,14-16H2,(H,25,27)(H,26,28). The van der Waals surface area contributed by atoms with Crippen LogP contribution in [0.2, 0.25) is 0 Å². The lowest BCUT2D eigenvalue weighted by Gasteiger charge is -2.10. The van der Waals surface area contributed by atoms with Gasteiger partial charge in [0.25, 0.3) is 5.91 Å². The Morgan fingerprint density at radius 3 is 1.97 bits per heavy atom. The number of ether oxygens (including phenoxy) is 2. The molecule has 0 aliphatic carbocycles. The first-order chi connectivity index (χ1) is 14.6. The molecule has 3 aromatic carbocycles. The summed E-state index contributed by atoms with van der Waals surface area (Å²) in [5, 5.41) is 0. The molecule has 3 rings (SSSR count). The van der Waals surface area contributed by atoms with Crippen LogP contribution in [0.25, 0.3) is 0 Å². The summed E-state index contributed by atoms with van der Waals surface area (Å²) < 4.78 is 12.1. The van der Waals surface area contributed by atoms with Crippen molar-refractivity contribution in [2.75, 3.05) is 6.61 Å². The van der Waals surface area contributed by atoms with Crippen LogP contribution >= 0.6 is 15.9 Å². The van der Waals surface area contributed by atoms with Crippen LogP contribution in [0.4, 0.5) is 0 Å². The molecule has 0 aromatic heterocycles. The molecule has 3 aromatic rings. The number of hydrogen-bond acceptors (Lipinski definition) is 4. The SMILES string of the molecule is O=C(COc1ccc(OCc2ccccc2)cc1)NNC(=O)Cc1ccc(Br)cc1. The highest BCUT2D eigenvalue weighted by Crippen LogP contribution is 2.18. The van der Waals surface area contributed by atoms with Gasteiger partial charge in [0.2, 0.25) is 5.91 Å². The third kappa shape index (κ3) is 7.25. The molecule has 6 nitrogen and oxygen atoms in total. The van der Waals surface area contributed by atoms with E-state index in [2.05, 4.69) is 26.8 Å². The van der Waals surface area contributed by atoms with Crippen LogP contribution in [0.1, 0.15) is 11.1 Å². The van der Waals surface area contributed by atoms with Crippen LogP contribution in [-0.2, 0) is 22.6 Å². The van der Waals surface area contributed by atoms with Gasteiger partial charge < -0.3 is 9.47 Å². The first-order valence-electron chi connectivity index (χ1n) is 9.30. The van der Waals surface area contributed by atoms with E-state index >= 15 is 0 Å². The zero-order valence-electron chi connectivity index (χ0n) is 16.1. The van der Waals surface area contributed by atoms with Crippen molar-refractivity contribution in [3.8, 4) is 11.5 Å². The zero-order valence-corrected chi connectivity index (χ0v) is 17.7. The largest absolute Gasteiger partial charge is 0.489 e. The van der Waals surface area contributed by atoms with Gasteiger partial charge in [-0.15, -0.1) is 0 Å². The molecule has 0 radical (unpaired) electrons. The molecular formula is C23H21BrN2O4. The summed E-state index contributed by atoms with van der Waals surface area (Å²) in [5.74, 6) is 0.461. The van der Waals surface area contributed by atoms with Crippen molar-refractivity contribution in [1.29, 1.82) is 0 Å². The fourth-order valence-electron chi connectivity index (χ4n) is 2.53. The number of hydrogen-bond donors (Lipinski definition) is 2. The number of carbonyl (C=O) groups is 2. The Labute approximate surface area is 183 Å². The van der Waals surface area contributed by atoms with Crippen molar-refractivity contribution in [2.45, 2.75) is 13.0 Å². The lowest BCUT2D eigenvalue weighted by molar-refractivity contribution is -0.129. The van der Waals surface area contributed by atoms with E-state index in [4.69, 9.17) is 9.47 Å². The van der Waals surface area contributed by atoms with Crippen LogP contribution in [0.3, 0.4) is 0 Å². The smallest absolute Gasteiger partial charge is 0.276 e. The van der Waals surface area contributed by atoms with Crippen molar-refractivity contribution < 1.29 is 19.1 Å². The lowest BCUT2D eigenvalue weighted by Crippen LogP contribution is -2.44.